The predicted octanol–water partition coefficient (Wildman–Crippen LogP) is 2.92. The zero-order valence-corrected chi connectivity index (χ0v) is 12.2. The maximum Gasteiger partial charge on any atom is 0.145 e. The average molecular weight is 284 g/mol. The van der Waals surface area contributed by atoms with Crippen molar-refractivity contribution < 1.29 is 14.3 Å². The highest BCUT2D eigenvalue weighted by Crippen LogP contribution is 2.39. The number of hydrogen-bond acceptors (Lipinski definition) is 4. The van der Waals surface area contributed by atoms with Gasteiger partial charge in [0.15, 0.2) is 0 Å². The third-order valence-corrected chi connectivity index (χ3v) is 3.74. The molecule has 1 unspecified atom stereocenters. The van der Waals surface area contributed by atoms with Crippen molar-refractivity contribution in [3.63, 3.8) is 0 Å². The van der Waals surface area contributed by atoms with Crippen LogP contribution in [0.15, 0.2) is 12.1 Å². The molecule has 1 aliphatic rings. The van der Waals surface area contributed by atoms with Crippen LogP contribution in [0.2, 0.25) is 5.02 Å². The van der Waals surface area contributed by atoms with Gasteiger partial charge in [0.2, 0.25) is 0 Å². The Kier molecular flexibility index (Phi) is 4.20. The van der Waals surface area contributed by atoms with Crippen molar-refractivity contribution in [1.29, 1.82) is 0 Å². The van der Waals surface area contributed by atoms with E-state index >= 15 is 0 Å². The maximum atomic E-state index is 11.5. The highest BCUT2D eigenvalue weighted by atomic mass is 35.5. The van der Waals surface area contributed by atoms with Crippen LogP contribution in [0.3, 0.4) is 0 Å². The molecular weight excluding hydrogens is 266 g/mol. The molecule has 1 fully saturated rings. The largest absolute Gasteiger partial charge is 0.495 e. The molecule has 0 radical (unpaired) electrons. The van der Waals surface area contributed by atoms with Crippen LogP contribution in [0.4, 0.5) is 5.69 Å². The van der Waals surface area contributed by atoms with Gasteiger partial charge in [0, 0.05) is 31.5 Å². The number of hydrogen-bond donors (Lipinski definition) is 0. The Morgan fingerprint density at radius 3 is 2.53 bits per heavy atom. The fraction of sp³-hybridized carbons (Fsp3) is 0.500. The lowest BCUT2D eigenvalue weighted by molar-refractivity contribution is -0.120. The molecule has 0 amide bonds. The summed E-state index contributed by atoms with van der Waals surface area (Å²) < 4.78 is 10.6. The van der Waals surface area contributed by atoms with E-state index in [4.69, 9.17) is 21.1 Å². The molecule has 1 aromatic rings. The summed E-state index contributed by atoms with van der Waals surface area (Å²) in [6, 6.07) is 3.77. The van der Waals surface area contributed by atoms with Crippen molar-refractivity contribution >= 4 is 23.1 Å². The van der Waals surface area contributed by atoms with E-state index < -0.39 is 0 Å². The SMILES string of the molecule is COc1cc(OC)c(N2CCC(=O)CC2C)cc1Cl. The van der Waals surface area contributed by atoms with E-state index in [0.29, 0.717) is 41.7 Å². The zero-order chi connectivity index (χ0) is 14.0. The lowest BCUT2D eigenvalue weighted by Gasteiger charge is -2.35. The van der Waals surface area contributed by atoms with Crippen molar-refractivity contribution in [2.45, 2.75) is 25.8 Å². The lowest BCUT2D eigenvalue weighted by Crippen LogP contribution is -2.41. The van der Waals surface area contributed by atoms with Gasteiger partial charge < -0.3 is 14.4 Å². The first-order valence-electron chi connectivity index (χ1n) is 6.26. The van der Waals surface area contributed by atoms with Gasteiger partial charge >= 0.3 is 0 Å². The molecule has 0 aliphatic carbocycles. The number of rotatable bonds is 3. The standard InChI is InChI=1S/C14H18ClNO3/c1-9-6-10(17)4-5-16(9)12-7-11(15)13(18-2)8-14(12)19-3/h7-9H,4-6H2,1-3H3. The molecule has 1 saturated heterocycles. The quantitative estimate of drug-likeness (QED) is 0.855. The van der Waals surface area contributed by atoms with Crippen molar-refractivity contribution in [3.05, 3.63) is 17.2 Å². The van der Waals surface area contributed by atoms with Crippen molar-refractivity contribution in [3.8, 4) is 11.5 Å². The highest BCUT2D eigenvalue weighted by Gasteiger charge is 2.26. The molecule has 19 heavy (non-hydrogen) atoms. The van der Waals surface area contributed by atoms with Crippen molar-refractivity contribution in [2.75, 3.05) is 25.7 Å². The van der Waals surface area contributed by atoms with Gasteiger partial charge in [-0.2, -0.15) is 0 Å². The number of nitrogens with zero attached hydrogens (tertiary/aromatic N) is 1. The summed E-state index contributed by atoms with van der Waals surface area (Å²) in [5.41, 5.74) is 0.910. The number of anilines is 1. The summed E-state index contributed by atoms with van der Waals surface area (Å²) in [5, 5.41) is 0.544. The van der Waals surface area contributed by atoms with Gasteiger partial charge in [-0.1, -0.05) is 11.6 Å². The second-order valence-electron chi connectivity index (χ2n) is 4.69. The Hall–Kier alpha value is -1.42. The molecule has 0 saturated carbocycles. The van der Waals surface area contributed by atoms with E-state index in [2.05, 4.69) is 4.90 Å². The normalized spacial score (nSPS) is 19.5. The van der Waals surface area contributed by atoms with E-state index in [1.54, 1.807) is 20.3 Å². The molecule has 2 rings (SSSR count). The lowest BCUT2D eigenvalue weighted by atomic mass is 10.0. The average Bonchev–Trinajstić information content (AvgIpc) is 2.38. The fourth-order valence-electron chi connectivity index (χ4n) is 2.43. The smallest absolute Gasteiger partial charge is 0.145 e. The second-order valence-corrected chi connectivity index (χ2v) is 5.10. The molecule has 1 atom stereocenters. The number of ether oxygens (including phenoxy) is 2. The Bertz CT molecular complexity index is 490. The number of benzene rings is 1. The first-order chi connectivity index (χ1) is 9.06. The minimum atomic E-state index is 0.152. The molecular formula is C14H18ClNO3. The number of Topliss-reactive ketones (excluding diaryl/α,β-unsaturated/α-hetero) is 1. The Morgan fingerprint density at radius 2 is 1.95 bits per heavy atom. The van der Waals surface area contributed by atoms with Crippen LogP contribution in [0.1, 0.15) is 19.8 Å². The summed E-state index contributed by atoms with van der Waals surface area (Å²) in [6.45, 7) is 2.73. The molecule has 1 heterocycles. The number of methoxy groups -OCH3 is 2. The van der Waals surface area contributed by atoms with Crippen LogP contribution < -0.4 is 14.4 Å². The molecule has 0 aromatic heterocycles. The number of halogens is 1. The summed E-state index contributed by atoms with van der Waals surface area (Å²) in [7, 11) is 3.19. The third kappa shape index (κ3) is 2.78. The molecule has 104 valence electrons. The van der Waals surface area contributed by atoms with E-state index in [9.17, 15) is 4.79 Å². The molecule has 0 N–H and O–H groups in total. The van der Waals surface area contributed by atoms with E-state index in [0.717, 1.165) is 5.69 Å². The van der Waals surface area contributed by atoms with Crippen LogP contribution in [0, 0.1) is 0 Å². The van der Waals surface area contributed by atoms with Gasteiger partial charge in [-0.25, -0.2) is 0 Å². The number of ketones is 1. The van der Waals surface area contributed by atoms with Gasteiger partial charge in [0.25, 0.3) is 0 Å². The minimum Gasteiger partial charge on any atom is -0.495 e. The van der Waals surface area contributed by atoms with Crippen molar-refractivity contribution in [2.24, 2.45) is 0 Å². The van der Waals surface area contributed by atoms with Gasteiger partial charge in [0.05, 0.1) is 24.9 Å². The second kappa shape index (κ2) is 5.70. The molecule has 0 bridgehead atoms. The molecule has 0 spiro atoms. The van der Waals surface area contributed by atoms with Crippen LogP contribution in [-0.2, 0) is 4.79 Å². The Morgan fingerprint density at radius 1 is 1.26 bits per heavy atom. The summed E-state index contributed by atoms with van der Waals surface area (Å²) in [5.74, 6) is 1.60. The number of carbonyl (C=O) groups is 1. The van der Waals surface area contributed by atoms with Crippen LogP contribution in [0.5, 0.6) is 11.5 Å². The van der Waals surface area contributed by atoms with Gasteiger partial charge in [-0.3, -0.25) is 4.79 Å². The molecule has 1 aliphatic heterocycles. The van der Waals surface area contributed by atoms with Crippen LogP contribution >= 0.6 is 11.6 Å². The maximum absolute atomic E-state index is 11.5. The summed E-state index contributed by atoms with van der Waals surface area (Å²) in [4.78, 5) is 13.6. The van der Waals surface area contributed by atoms with Gasteiger partial charge in [-0.15, -0.1) is 0 Å². The number of piperidine rings is 1. The van der Waals surface area contributed by atoms with E-state index in [1.807, 2.05) is 13.0 Å². The van der Waals surface area contributed by atoms with Crippen LogP contribution in [-0.4, -0.2) is 32.6 Å². The highest BCUT2D eigenvalue weighted by molar-refractivity contribution is 6.32. The zero-order valence-electron chi connectivity index (χ0n) is 11.4. The van der Waals surface area contributed by atoms with E-state index in [1.165, 1.54) is 0 Å². The Balaban J connectivity index is 2.38. The van der Waals surface area contributed by atoms with Gasteiger partial charge in [-0.05, 0) is 13.0 Å². The predicted molar refractivity (Wildman–Crippen MR) is 75.6 cm³/mol. The van der Waals surface area contributed by atoms with Gasteiger partial charge in [0.1, 0.15) is 17.3 Å². The molecule has 4 nitrogen and oxygen atoms in total. The summed E-state index contributed by atoms with van der Waals surface area (Å²) in [6.07, 6.45) is 1.13. The summed E-state index contributed by atoms with van der Waals surface area (Å²) >= 11 is 6.18. The topological polar surface area (TPSA) is 38.8 Å². The Labute approximate surface area is 118 Å². The monoisotopic (exact) mass is 283 g/mol. The first kappa shape index (κ1) is 14.0. The molecule has 5 heteroatoms. The fourth-order valence-corrected chi connectivity index (χ4v) is 2.67. The first-order valence-corrected chi connectivity index (χ1v) is 6.64. The van der Waals surface area contributed by atoms with E-state index in [-0.39, 0.29) is 6.04 Å². The van der Waals surface area contributed by atoms with Crippen molar-refractivity contribution in [1.82, 2.24) is 0 Å². The third-order valence-electron chi connectivity index (χ3n) is 3.45. The number of carbonyl (C=O) groups excluding carboxylic acids is 1. The molecule has 1 aromatic carbocycles. The van der Waals surface area contributed by atoms with Crippen LogP contribution in [0.25, 0.3) is 0 Å². The minimum absolute atomic E-state index is 0.152.